The molecule has 1 N–H and O–H groups in total. The first-order valence-corrected chi connectivity index (χ1v) is 11.0. The topological polar surface area (TPSA) is 33.7 Å². The van der Waals surface area contributed by atoms with Crippen molar-refractivity contribution in [2.75, 3.05) is 39.3 Å². The zero-order chi connectivity index (χ0) is 16.5. The van der Waals surface area contributed by atoms with E-state index in [0.29, 0.717) is 6.10 Å². The predicted molar refractivity (Wildman–Crippen MR) is 98.0 cm³/mol. The Labute approximate surface area is 153 Å². The Morgan fingerprint density at radius 3 is 3.12 bits per heavy atom. The number of fused-ring (bicyclic) bond motifs is 3. The van der Waals surface area contributed by atoms with E-state index in [-0.39, 0.29) is 11.2 Å². The Balaban J connectivity index is 1.15. The number of ether oxygens (including phenoxy) is 2. The van der Waals surface area contributed by atoms with Crippen molar-refractivity contribution >= 4 is 11.3 Å². The summed E-state index contributed by atoms with van der Waals surface area (Å²) in [5.41, 5.74) is 1.72. The van der Waals surface area contributed by atoms with Crippen LogP contribution in [0, 0.1) is 11.8 Å². The van der Waals surface area contributed by atoms with Crippen LogP contribution in [-0.4, -0.2) is 55.9 Å². The van der Waals surface area contributed by atoms with E-state index in [1.807, 2.05) is 11.3 Å². The van der Waals surface area contributed by atoms with Crippen LogP contribution in [0.3, 0.4) is 0 Å². The van der Waals surface area contributed by atoms with Crippen LogP contribution in [0.1, 0.15) is 36.1 Å². The normalized spacial score (nSPS) is 42.0. The highest BCUT2D eigenvalue weighted by molar-refractivity contribution is 7.10. The van der Waals surface area contributed by atoms with E-state index < -0.39 is 0 Å². The molecular formula is C20H28N2O2S. The number of rotatable bonds is 2. The Morgan fingerprint density at radius 2 is 2.20 bits per heavy atom. The van der Waals surface area contributed by atoms with Gasteiger partial charge in [-0.15, -0.1) is 11.3 Å². The van der Waals surface area contributed by atoms with Crippen molar-refractivity contribution in [3.8, 4) is 0 Å². The zero-order valence-corrected chi connectivity index (χ0v) is 15.7. The molecule has 4 nitrogen and oxygen atoms in total. The van der Waals surface area contributed by atoms with Gasteiger partial charge in [0.05, 0.1) is 23.9 Å². The van der Waals surface area contributed by atoms with Crippen LogP contribution in [0.5, 0.6) is 0 Å². The molecule has 5 heteroatoms. The summed E-state index contributed by atoms with van der Waals surface area (Å²) in [7, 11) is 0. The van der Waals surface area contributed by atoms with Crippen LogP contribution in [0.15, 0.2) is 11.4 Å². The maximum absolute atomic E-state index is 6.47. The lowest BCUT2D eigenvalue weighted by molar-refractivity contribution is -0.0993. The van der Waals surface area contributed by atoms with Crippen LogP contribution in [0.25, 0.3) is 0 Å². The highest BCUT2D eigenvalue weighted by atomic mass is 32.1. The van der Waals surface area contributed by atoms with Crippen LogP contribution in [-0.2, 0) is 21.5 Å². The largest absolute Gasteiger partial charge is 0.370 e. The number of nitrogens with zero attached hydrogens (tertiary/aromatic N) is 1. The number of nitrogens with one attached hydrogen (secondary N) is 1. The predicted octanol–water partition coefficient (Wildman–Crippen LogP) is 2.38. The number of hydrogen-bond acceptors (Lipinski definition) is 5. The van der Waals surface area contributed by atoms with Gasteiger partial charge in [-0.05, 0) is 42.7 Å². The van der Waals surface area contributed by atoms with E-state index in [2.05, 4.69) is 21.7 Å². The third-order valence-corrected chi connectivity index (χ3v) is 8.75. The van der Waals surface area contributed by atoms with Gasteiger partial charge >= 0.3 is 0 Å². The first kappa shape index (κ1) is 15.6. The van der Waals surface area contributed by atoms with E-state index in [1.54, 1.807) is 4.88 Å². The second-order valence-corrected chi connectivity index (χ2v) is 9.81. The van der Waals surface area contributed by atoms with Gasteiger partial charge in [0.15, 0.2) is 0 Å². The minimum absolute atomic E-state index is 0.0192. The van der Waals surface area contributed by atoms with Crippen molar-refractivity contribution in [1.29, 1.82) is 0 Å². The van der Waals surface area contributed by atoms with Gasteiger partial charge in [0.1, 0.15) is 0 Å². The molecule has 0 aliphatic carbocycles. The monoisotopic (exact) mass is 360 g/mol. The second-order valence-electron chi connectivity index (χ2n) is 8.81. The molecular weight excluding hydrogens is 332 g/mol. The smallest absolute Gasteiger partial charge is 0.0966 e. The summed E-state index contributed by atoms with van der Waals surface area (Å²) < 4.78 is 12.8. The highest BCUT2D eigenvalue weighted by Crippen LogP contribution is 2.53. The lowest BCUT2D eigenvalue weighted by Gasteiger charge is -2.45. The summed E-state index contributed by atoms with van der Waals surface area (Å²) in [5.74, 6) is 1.48. The van der Waals surface area contributed by atoms with E-state index in [0.717, 1.165) is 44.2 Å². The molecule has 1 aromatic rings. The van der Waals surface area contributed by atoms with Crippen LogP contribution in [0.2, 0.25) is 0 Å². The molecule has 0 amide bonds. The molecule has 1 aromatic heterocycles. The van der Waals surface area contributed by atoms with Gasteiger partial charge in [-0.25, -0.2) is 0 Å². The molecule has 4 saturated heterocycles. The van der Waals surface area contributed by atoms with Crippen molar-refractivity contribution in [2.45, 2.75) is 49.4 Å². The lowest BCUT2D eigenvalue weighted by atomic mass is 9.73. The molecule has 25 heavy (non-hydrogen) atoms. The molecule has 136 valence electrons. The van der Waals surface area contributed by atoms with E-state index >= 15 is 0 Å². The molecule has 0 aromatic carbocycles. The standard InChI is InChI=1S/C20H28N2O2S/c1-4-20-13-21-11-16(20)14(17(1)24-20)12-22-7-5-19(6-8-22)15-3-10-25-18(15)2-9-23-19/h3,10,14,16-17,21H,1-2,4-9,11-13H2/t14-,16-,17-,20-/m1/s1. The van der Waals surface area contributed by atoms with Gasteiger partial charge in [-0.1, -0.05) is 0 Å². The Bertz CT molecular complexity index is 664. The van der Waals surface area contributed by atoms with Crippen LogP contribution < -0.4 is 5.32 Å². The molecule has 4 atom stereocenters. The van der Waals surface area contributed by atoms with Gasteiger partial charge in [-0.3, -0.25) is 0 Å². The summed E-state index contributed by atoms with van der Waals surface area (Å²) in [6.07, 6.45) is 6.51. The maximum Gasteiger partial charge on any atom is 0.0966 e. The highest BCUT2D eigenvalue weighted by Gasteiger charge is 2.61. The molecule has 2 bridgehead atoms. The summed E-state index contributed by atoms with van der Waals surface area (Å²) >= 11 is 1.92. The van der Waals surface area contributed by atoms with Gasteiger partial charge in [0, 0.05) is 55.9 Å². The first-order valence-electron chi connectivity index (χ1n) is 10.1. The van der Waals surface area contributed by atoms with E-state index in [4.69, 9.17) is 9.47 Å². The Kier molecular flexibility index (Phi) is 3.44. The van der Waals surface area contributed by atoms with Gasteiger partial charge in [-0.2, -0.15) is 0 Å². The quantitative estimate of drug-likeness (QED) is 0.878. The molecule has 6 heterocycles. The van der Waals surface area contributed by atoms with Crippen molar-refractivity contribution < 1.29 is 9.47 Å². The molecule has 6 rings (SSSR count). The van der Waals surface area contributed by atoms with Crippen LogP contribution in [0.4, 0.5) is 0 Å². The SMILES string of the molecule is c1cc2c(s1)CCOC21CCN(C[C@@H]2[C@H]3CNC[C@]34CC[C@H]2O4)CC1. The summed E-state index contributed by atoms with van der Waals surface area (Å²) in [6.45, 7) is 6.73. The van der Waals surface area contributed by atoms with E-state index in [1.165, 1.54) is 44.6 Å². The van der Waals surface area contributed by atoms with Gasteiger partial charge in [0.25, 0.3) is 0 Å². The third-order valence-electron chi connectivity index (χ3n) is 7.77. The van der Waals surface area contributed by atoms with Gasteiger partial charge < -0.3 is 19.7 Å². The lowest BCUT2D eigenvalue weighted by Crippen LogP contribution is -2.49. The summed E-state index contributed by atoms with van der Waals surface area (Å²) in [4.78, 5) is 4.27. The zero-order valence-electron chi connectivity index (χ0n) is 14.8. The minimum atomic E-state index is 0.0192. The fourth-order valence-electron chi connectivity index (χ4n) is 6.48. The molecule has 0 unspecified atom stereocenters. The molecule has 5 aliphatic heterocycles. The van der Waals surface area contributed by atoms with Crippen molar-refractivity contribution in [3.63, 3.8) is 0 Å². The van der Waals surface area contributed by atoms with Crippen molar-refractivity contribution in [3.05, 3.63) is 21.9 Å². The Hall–Kier alpha value is -0.460. The molecule has 5 aliphatic rings. The van der Waals surface area contributed by atoms with E-state index in [9.17, 15) is 0 Å². The van der Waals surface area contributed by atoms with Crippen molar-refractivity contribution in [2.24, 2.45) is 11.8 Å². The number of thiophene rings is 1. The maximum atomic E-state index is 6.47. The minimum Gasteiger partial charge on any atom is -0.370 e. The molecule has 2 spiro atoms. The number of likely N-dealkylation sites (tertiary alicyclic amines) is 1. The molecule has 0 saturated carbocycles. The van der Waals surface area contributed by atoms with Crippen LogP contribution >= 0.6 is 11.3 Å². The number of piperidine rings is 1. The fraction of sp³-hybridized carbons (Fsp3) is 0.800. The summed E-state index contributed by atoms with van der Waals surface area (Å²) in [6, 6.07) is 2.33. The van der Waals surface area contributed by atoms with Crippen molar-refractivity contribution in [1.82, 2.24) is 10.2 Å². The third kappa shape index (κ3) is 2.19. The average molecular weight is 361 g/mol. The number of hydrogen-bond donors (Lipinski definition) is 1. The molecule has 0 radical (unpaired) electrons. The molecule has 4 fully saturated rings. The second kappa shape index (κ2) is 5.52. The average Bonchev–Trinajstić information content (AvgIpc) is 3.39. The van der Waals surface area contributed by atoms with Gasteiger partial charge in [0.2, 0.25) is 0 Å². The Morgan fingerprint density at radius 1 is 1.28 bits per heavy atom. The first-order chi connectivity index (χ1) is 12.3. The summed E-state index contributed by atoms with van der Waals surface area (Å²) in [5, 5.41) is 5.86. The fourth-order valence-corrected chi connectivity index (χ4v) is 7.43.